The first kappa shape index (κ1) is 21.9. The molecule has 0 unspecified atom stereocenters. The summed E-state index contributed by atoms with van der Waals surface area (Å²) in [5, 5.41) is 5.28. The van der Waals surface area contributed by atoms with Crippen LogP contribution in [0.3, 0.4) is 0 Å². The van der Waals surface area contributed by atoms with E-state index in [9.17, 15) is 4.79 Å². The Morgan fingerprint density at radius 2 is 1.50 bits per heavy atom. The van der Waals surface area contributed by atoms with Crippen molar-refractivity contribution in [2.24, 2.45) is 0 Å². The molecule has 3 aromatic rings. The molecule has 0 atom stereocenters. The van der Waals surface area contributed by atoms with Crippen molar-refractivity contribution in [1.82, 2.24) is 10.2 Å². The minimum atomic E-state index is -0.258. The molecular formula is C24H28N2O3S. The van der Waals surface area contributed by atoms with E-state index in [0.29, 0.717) is 6.54 Å². The minimum Gasteiger partial charge on any atom is -0.497 e. The van der Waals surface area contributed by atoms with Crippen LogP contribution in [0, 0.1) is 6.92 Å². The lowest BCUT2D eigenvalue weighted by Gasteiger charge is -2.23. The molecule has 0 aliphatic rings. The van der Waals surface area contributed by atoms with Crippen molar-refractivity contribution in [3.8, 4) is 11.5 Å². The van der Waals surface area contributed by atoms with E-state index < -0.39 is 0 Å². The molecule has 5 nitrogen and oxygen atoms in total. The predicted molar refractivity (Wildman–Crippen MR) is 121 cm³/mol. The van der Waals surface area contributed by atoms with Gasteiger partial charge in [-0.15, -0.1) is 11.3 Å². The Bertz CT molecular complexity index is 904. The molecule has 0 aliphatic heterocycles. The lowest BCUT2D eigenvalue weighted by Crippen LogP contribution is -2.37. The van der Waals surface area contributed by atoms with Gasteiger partial charge in [-0.05, 0) is 66.4 Å². The third-order valence-electron chi connectivity index (χ3n) is 5.00. The van der Waals surface area contributed by atoms with E-state index in [4.69, 9.17) is 9.47 Å². The van der Waals surface area contributed by atoms with Crippen LogP contribution in [-0.2, 0) is 11.3 Å². The molecule has 158 valence electrons. The van der Waals surface area contributed by atoms with Gasteiger partial charge in [-0.25, -0.2) is 0 Å². The van der Waals surface area contributed by atoms with Crippen LogP contribution in [0.4, 0.5) is 0 Å². The molecule has 0 fully saturated rings. The summed E-state index contributed by atoms with van der Waals surface area (Å²) < 4.78 is 10.5. The van der Waals surface area contributed by atoms with Crippen LogP contribution < -0.4 is 14.8 Å². The SMILES string of the molecule is COc1ccc(C(NC(=O)CN(C)Cc2sccc2C)c2ccc(OC)cc2)cc1. The van der Waals surface area contributed by atoms with Gasteiger partial charge in [0, 0.05) is 11.4 Å². The van der Waals surface area contributed by atoms with Gasteiger partial charge in [0.1, 0.15) is 11.5 Å². The Labute approximate surface area is 182 Å². The summed E-state index contributed by atoms with van der Waals surface area (Å²) in [6.45, 7) is 3.18. The fourth-order valence-corrected chi connectivity index (χ4v) is 4.26. The molecule has 1 amide bonds. The van der Waals surface area contributed by atoms with Gasteiger partial charge in [0.25, 0.3) is 0 Å². The number of methoxy groups -OCH3 is 2. The summed E-state index contributed by atoms with van der Waals surface area (Å²) in [6.07, 6.45) is 0. The highest BCUT2D eigenvalue weighted by atomic mass is 32.1. The minimum absolute atomic E-state index is 0.0247. The van der Waals surface area contributed by atoms with Crippen LogP contribution >= 0.6 is 11.3 Å². The summed E-state index contributed by atoms with van der Waals surface area (Å²) in [7, 11) is 5.25. The van der Waals surface area contributed by atoms with Crippen molar-refractivity contribution < 1.29 is 14.3 Å². The lowest BCUT2D eigenvalue weighted by atomic mass is 9.98. The number of hydrogen-bond acceptors (Lipinski definition) is 5. The summed E-state index contributed by atoms with van der Waals surface area (Å²) in [6, 6.07) is 17.4. The van der Waals surface area contributed by atoms with Gasteiger partial charge in [0.15, 0.2) is 0 Å². The average molecular weight is 425 g/mol. The monoisotopic (exact) mass is 424 g/mol. The third-order valence-corrected chi connectivity index (χ3v) is 6.01. The number of nitrogens with zero attached hydrogens (tertiary/aromatic N) is 1. The molecule has 2 aromatic carbocycles. The molecule has 0 aliphatic carbocycles. The topological polar surface area (TPSA) is 50.8 Å². The second-order valence-electron chi connectivity index (χ2n) is 7.25. The van der Waals surface area contributed by atoms with Gasteiger partial charge in [0.2, 0.25) is 5.91 Å². The average Bonchev–Trinajstić information content (AvgIpc) is 3.16. The predicted octanol–water partition coefficient (Wildman–Crippen LogP) is 4.41. The quantitative estimate of drug-likeness (QED) is 0.553. The molecule has 30 heavy (non-hydrogen) atoms. The fourth-order valence-electron chi connectivity index (χ4n) is 3.27. The second kappa shape index (κ2) is 10.3. The number of nitrogens with one attached hydrogen (secondary N) is 1. The highest BCUT2D eigenvalue weighted by Gasteiger charge is 2.18. The van der Waals surface area contributed by atoms with Crippen LogP contribution in [0.25, 0.3) is 0 Å². The van der Waals surface area contributed by atoms with Gasteiger partial charge < -0.3 is 14.8 Å². The van der Waals surface area contributed by atoms with Crippen molar-refractivity contribution in [2.75, 3.05) is 27.8 Å². The normalized spacial score (nSPS) is 11.0. The molecule has 0 saturated carbocycles. The Kier molecular flexibility index (Phi) is 7.49. The molecule has 0 bridgehead atoms. The zero-order chi connectivity index (χ0) is 21.5. The zero-order valence-corrected chi connectivity index (χ0v) is 18.7. The lowest BCUT2D eigenvalue weighted by molar-refractivity contribution is -0.122. The van der Waals surface area contributed by atoms with E-state index >= 15 is 0 Å². The van der Waals surface area contributed by atoms with E-state index in [0.717, 1.165) is 29.2 Å². The molecule has 0 spiro atoms. The number of hydrogen-bond donors (Lipinski definition) is 1. The second-order valence-corrected chi connectivity index (χ2v) is 8.25. The molecule has 6 heteroatoms. The largest absolute Gasteiger partial charge is 0.497 e. The Balaban J connectivity index is 1.75. The van der Waals surface area contributed by atoms with Crippen molar-refractivity contribution >= 4 is 17.2 Å². The fraction of sp³-hybridized carbons (Fsp3) is 0.292. The van der Waals surface area contributed by atoms with Gasteiger partial charge in [-0.3, -0.25) is 9.69 Å². The Morgan fingerprint density at radius 3 is 1.93 bits per heavy atom. The molecule has 1 N–H and O–H groups in total. The maximum atomic E-state index is 12.9. The van der Waals surface area contributed by atoms with Crippen LogP contribution in [0.15, 0.2) is 60.0 Å². The number of rotatable bonds is 9. The molecule has 0 saturated heterocycles. The maximum absolute atomic E-state index is 12.9. The van der Waals surface area contributed by atoms with Crippen molar-refractivity contribution in [1.29, 1.82) is 0 Å². The van der Waals surface area contributed by atoms with Crippen molar-refractivity contribution in [3.63, 3.8) is 0 Å². The van der Waals surface area contributed by atoms with E-state index in [1.807, 2.05) is 60.5 Å². The number of thiophene rings is 1. The first-order valence-corrected chi connectivity index (χ1v) is 10.7. The number of carbonyl (C=O) groups excluding carboxylic acids is 1. The summed E-state index contributed by atoms with van der Waals surface area (Å²) >= 11 is 1.72. The van der Waals surface area contributed by atoms with Crippen molar-refractivity contribution in [3.05, 3.63) is 81.5 Å². The van der Waals surface area contributed by atoms with Crippen LogP contribution in [0.5, 0.6) is 11.5 Å². The van der Waals surface area contributed by atoms with Crippen LogP contribution in [-0.4, -0.2) is 38.6 Å². The smallest absolute Gasteiger partial charge is 0.234 e. The van der Waals surface area contributed by atoms with Crippen LogP contribution in [0.1, 0.15) is 27.6 Å². The number of benzene rings is 2. The van der Waals surface area contributed by atoms with Gasteiger partial charge in [-0.2, -0.15) is 0 Å². The summed E-state index contributed by atoms with van der Waals surface area (Å²) in [5.41, 5.74) is 3.25. The number of aryl methyl sites for hydroxylation is 1. The Hall–Kier alpha value is -2.83. The van der Waals surface area contributed by atoms with E-state index in [-0.39, 0.29) is 11.9 Å². The van der Waals surface area contributed by atoms with E-state index in [2.05, 4.69) is 23.7 Å². The number of carbonyl (C=O) groups is 1. The molecular weight excluding hydrogens is 396 g/mol. The summed E-state index contributed by atoms with van der Waals surface area (Å²) in [4.78, 5) is 16.2. The Morgan fingerprint density at radius 1 is 0.967 bits per heavy atom. The van der Waals surface area contributed by atoms with Crippen molar-refractivity contribution in [2.45, 2.75) is 19.5 Å². The summed E-state index contributed by atoms with van der Waals surface area (Å²) in [5.74, 6) is 1.54. The maximum Gasteiger partial charge on any atom is 0.234 e. The molecule has 1 heterocycles. The highest BCUT2D eigenvalue weighted by Crippen LogP contribution is 2.26. The highest BCUT2D eigenvalue weighted by molar-refractivity contribution is 7.10. The number of likely N-dealkylation sites (N-methyl/N-ethyl adjacent to an activating group) is 1. The van der Waals surface area contributed by atoms with Crippen LogP contribution in [0.2, 0.25) is 0 Å². The molecule has 3 rings (SSSR count). The third kappa shape index (κ3) is 5.62. The molecule has 1 aromatic heterocycles. The molecule has 0 radical (unpaired) electrons. The number of amides is 1. The van der Waals surface area contributed by atoms with Gasteiger partial charge in [-0.1, -0.05) is 24.3 Å². The standard InChI is InChI=1S/C24H28N2O3S/c1-17-13-14-30-22(17)15-26(2)16-23(27)25-24(18-5-9-20(28-3)10-6-18)19-7-11-21(29-4)12-8-19/h5-14,24H,15-16H2,1-4H3,(H,25,27). The zero-order valence-electron chi connectivity index (χ0n) is 17.8. The van der Waals surface area contributed by atoms with Gasteiger partial charge >= 0.3 is 0 Å². The van der Waals surface area contributed by atoms with E-state index in [1.165, 1.54) is 10.4 Å². The first-order valence-electron chi connectivity index (χ1n) is 9.79. The van der Waals surface area contributed by atoms with Gasteiger partial charge in [0.05, 0.1) is 26.8 Å². The first-order chi connectivity index (χ1) is 14.5. The van der Waals surface area contributed by atoms with E-state index in [1.54, 1.807) is 25.6 Å². The number of ether oxygens (including phenoxy) is 2.